The van der Waals surface area contributed by atoms with Gasteiger partial charge in [0.1, 0.15) is 0 Å². The number of rotatable bonds is 5. The van der Waals surface area contributed by atoms with Gasteiger partial charge in [-0.15, -0.1) is 0 Å². The van der Waals surface area contributed by atoms with Gasteiger partial charge in [0.15, 0.2) is 0 Å². The maximum absolute atomic E-state index is 10.9. The van der Waals surface area contributed by atoms with Gasteiger partial charge >= 0.3 is 5.97 Å². The molecule has 0 spiro atoms. The van der Waals surface area contributed by atoms with Crippen molar-refractivity contribution in [3.63, 3.8) is 0 Å². The Morgan fingerprint density at radius 3 is 2.64 bits per heavy atom. The molecule has 0 aromatic rings. The van der Waals surface area contributed by atoms with Crippen LogP contribution in [0.15, 0.2) is 0 Å². The molecule has 3 nitrogen and oxygen atoms in total. The van der Waals surface area contributed by atoms with E-state index in [0.29, 0.717) is 5.92 Å². The van der Waals surface area contributed by atoms with Gasteiger partial charge in [-0.05, 0) is 31.6 Å². The van der Waals surface area contributed by atoms with Gasteiger partial charge in [-0.2, -0.15) is 0 Å². The highest BCUT2D eigenvalue weighted by atomic mass is 16.5. The number of ether oxygens (including phenoxy) is 1. The van der Waals surface area contributed by atoms with Crippen molar-refractivity contribution in [2.24, 2.45) is 11.8 Å². The van der Waals surface area contributed by atoms with Gasteiger partial charge in [-0.25, -0.2) is 0 Å². The molecule has 1 aliphatic rings. The molecule has 1 heterocycles. The Balaban J connectivity index is 2.33. The second kappa shape index (κ2) is 6.02. The summed E-state index contributed by atoms with van der Waals surface area (Å²) >= 11 is 0. The maximum atomic E-state index is 10.9. The lowest BCUT2D eigenvalue weighted by atomic mass is 9.87. The Morgan fingerprint density at radius 1 is 1.50 bits per heavy atom. The van der Waals surface area contributed by atoms with E-state index in [0.717, 1.165) is 45.3 Å². The summed E-state index contributed by atoms with van der Waals surface area (Å²) in [6, 6.07) is 0. The summed E-state index contributed by atoms with van der Waals surface area (Å²) in [5.41, 5.74) is 0. The van der Waals surface area contributed by atoms with Crippen LogP contribution in [-0.2, 0) is 9.53 Å². The number of carboxylic acids is 1. The van der Waals surface area contributed by atoms with E-state index in [-0.39, 0.29) is 5.92 Å². The number of hydrogen-bond donors (Lipinski definition) is 1. The average molecular weight is 200 g/mol. The molecule has 3 heteroatoms. The molecule has 1 saturated heterocycles. The molecule has 0 saturated carbocycles. The summed E-state index contributed by atoms with van der Waals surface area (Å²) in [5.74, 6) is -0.196. The van der Waals surface area contributed by atoms with Gasteiger partial charge < -0.3 is 9.84 Å². The third-order valence-electron chi connectivity index (χ3n) is 2.95. The minimum Gasteiger partial charge on any atom is -0.481 e. The number of carbonyl (C=O) groups is 1. The first-order valence-electron chi connectivity index (χ1n) is 5.54. The van der Waals surface area contributed by atoms with Crippen molar-refractivity contribution >= 4 is 5.97 Å². The van der Waals surface area contributed by atoms with E-state index in [2.05, 4.69) is 0 Å². The molecule has 0 radical (unpaired) electrons. The minimum atomic E-state index is -0.627. The summed E-state index contributed by atoms with van der Waals surface area (Å²) in [4.78, 5) is 10.9. The zero-order chi connectivity index (χ0) is 10.4. The zero-order valence-electron chi connectivity index (χ0n) is 8.87. The SMILES string of the molecule is CCCC(CC1CCOCC1)C(=O)O. The summed E-state index contributed by atoms with van der Waals surface area (Å²) in [5, 5.41) is 9.00. The largest absolute Gasteiger partial charge is 0.481 e. The van der Waals surface area contributed by atoms with Crippen molar-refractivity contribution in [1.82, 2.24) is 0 Å². The summed E-state index contributed by atoms with van der Waals surface area (Å²) < 4.78 is 5.25. The summed E-state index contributed by atoms with van der Waals surface area (Å²) in [7, 11) is 0. The van der Waals surface area contributed by atoms with Gasteiger partial charge in [0.05, 0.1) is 5.92 Å². The molecule has 1 fully saturated rings. The van der Waals surface area contributed by atoms with Crippen molar-refractivity contribution in [3.05, 3.63) is 0 Å². The first-order valence-corrected chi connectivity index (χ1v) is 5.54. The van der Waals surface area contributed by atoms with E-state index in [9.17, 15) is 4.79 Å². The monoisotopic (exact) mass is 200 g/mol. The molecule has 14 heavy (non-hydrogen) atoms. The molecule has 0 amide bonds. The number of aliphatic carboxylic acids is 1. The van der Waals surface area contributed by atoms with E-state index in [1.807, 2.05) is 6.92 Å². The standard InChI is InChI=1S/C11H20O3/c1-2-3-10(11(12)13)8-9-4-6-14-7-5-9/h9-10H,2-8H2,1H3,(H,12,13). The fourth-order valence-electron chi connectivity index (χ4n) is 2.08. The van der Waals surface area contributed by atoms with Crippen molar-refractivity contribution in [1.29, 1.82) is 0 Å². The van der Waals surface area contributed by atoms with Crippen LogP contribution in [0.3, 0.4) is 0 Å². The summed E-state index contributed by atoms with van der Waals surface area (Å²) in [6.45, 7) is 3.66. The van der Waals surface area contributed by atoms with Crippen LogP contribution in [0, 0.1) is 11.8 Å². The van der Waals surface area contributed by atoms with Gasteiger partial charge in [0, 0.05) is 13.2 Å². The molecule has 0 aromatic heterocycles. The minimum absolute atomic E-state index is 0.136. The van der Waals surface area contributed by atoms with Crippen LogP contribution in [0.25, 0.3) is 0 Å². The van der Waals surface area contributed by atoms with Crippen molar-refractivity contribution in [3.8, 4) is 0 Å². The highest BCUT2D eigenvalue weighted by Crippen LogP contribution is 2.25. The highest BCUT2D eigenvalue weighted by molar-refractivity contribution is 5.69. The zero-order valence-corrected chi connectivity index (χ0v) is 8.87. The molecule has 1 atom stereocenters. The molecule has 1 aliphatic heterocycles. The molecular formula is C11H20O3. The van der Waals surface area contributed by atoms with Crippen LogP contribution in [-0.4, -0.2) is 24.3 Å². The van der Waals surface area contributed by atoms with Gasteiger partial charge in [-0.3, -0.25) is 4.79 Å². The van der Waals surface area contributed by atoms with Crippen molar-refractivity contribution in [2.75, 3.05) is 13.2 Å². The van der Waals surface area contributed by atoms with E-state index in [1.165, 1.54) is 0 Å². The maximum Gasteiger partial charge on any atom is 0.306 e. The van der Waals surface area contributed by atoms with Crippen molar-refractivity contribution < 1.29 is 14.6 Å². The Bertz CT molecular complexity index is 173. The molecular weight excluding hydrogens is 180 g/mol. The third-order valence-corrected chi connectivity index (χ3v) is 2.95. The Hall–Kier alpha value is -0.570. The quantitative estimate of drug-likeness (QED) is 0.740. The Kier molecular flexibility index (Phi) is 4.94. The van der Waals surface area contributed by atoms with E-state index in [4.69, 9.17) is 9.84 Å². The number of carboxylic acid groups (broad SMARTS) is 1. The second-order valence-corrected chi connectivity index (χ2v) is 4.12. The lowest BCUT2D eigenvalue weighted by molar-refractivity contribution is -0.142. The molecule has 1 unspecified atom stereocenters. The van der Waals surface area contributed by atoms with Crippen LogP contribution in [0.2, 0.25) is 0 Å². The van der Waals surface area contributed by atoms with Gasteiger partial charge in [0.2, 0.25) is 0 Å². The summed E-state index contributed by atoms with van der Waals surface area (Å²) in [6.07, 6.45) is 4.68. The Morgan fingerprint density at radius 2 is 2.14 bits per heavy atom. The molecule has 0 bridgehead atoms. The lowest BCUT2D eigenvalue weighted by Gasteiger charge is -2.24. The van der Waals surface area contributed by atoms with Crippen molar-refractivity contribution in [2.45, 2.75) is 39.0 Å². The van der Waals surface area contributed by atoms with E-state index >= 15 is 0 Å². The third kappa shape index (κ3) is 3.66. The fraction of sp³-hybridized carbons (Fsp3) is 0.909. The first kappa shape index (κ1) is 11.5. The van der Waals surface area contributed by atoms with Crippen LogP contribution in [0.5, 0.6) is 0 Å². The molecule has 0 aromatic carbocycles. The van der Waals surface area contributed by atoms with Gasteiger partial charge in [-0.1, -0.05) is 13.3 Å². The van der Waals surface area contributed by atoms with Crippen LogP contribution < -0.4 is 0 Å². The predicted octanol–water partition coefficient (Wildman–Crippen LogP) is 2.30. The van der Waals surface area contributed by atoms with E-state index < -0.39 is 5.97 Å². The predicted molar refractivity (Wildman–Crippen MR) is 54.2 cm³/mol. The second-order valence-electron chi connectivity index (χ2n) is 4.12. The smallest absolute Gasteiger partial charge is 0.306 e. The fourth-order valence-corrected chi connectivity index (χ4v) is 2.08. The van der Waals surface area contributed by atoms with Crippen LogP contribution in [0.4, 0.5) is 0 Å². The topological polar surface area (TPSA) is 46.5 Å². The first-order chi connectivity index (χ1) is 6.74. The number of hydrogen-bond acceptors (Lipinski definition) is 2. The van der Waals surface area contributed by atoms with E-state index in [1.54, 1.807) is 0 Å². The Labute approximate surface area is 85.5 Å². The lowest BCUT2D eigenvalue weighted by Crippen LogP contribution is -2.22. The normalized spacial score (nSPS) is 20.6. The highest BCUT2D eigenvalue weighted by Gasteiger charge is 2.23. The molecule has 1 rings (SSSR count). The molecule has 0 aliphatic carbocycles. The average Bonchev–Trinajstić information content (AvgIpc) is 2.18. The van der Waals surface area contributed by atoms with Gasteiger partial charge in [0.25, 0.3) is 0 Å². The van der Waals surface area contributed by atoms with Crippen LogP contribution >= 0.6 is 0 Å². The molecule has 1 N–H and O–H groups in total. The molecule has 82 valence electrons. The van der Waals surface area contributed by atoms with Crippen LogP contribution in [0.1, 0.15) is 39.0 Å².